The second-order valence-electron chi connectivity index (χ2n) is 5.99. The van der Waals surface area contributed by atoms with Crippen molar-refractivity contribution in [3.63, 3.8) is 0 Å². The van der Waals surface area contributed by atoms with Crippen LogP contribution in [0.1, 0.15) is 29.3 Å². The first-order valence-corrected chi connectivity index (χ1v) is 9.54. The van der Waals surface area contributed by atoms with Crippen molar-refractivity contribution in [2.75, 3.05) is 45.6 Å². The molecule has 0 radical (unpaired) electrons. The first-order valence-electron chi connectivity index (χ1n) is 8.39. The van der Waals surface area contributed by atoms with Gasteiger partial charge in [0.15, 0.2) is 0 Å². The lowest BCUT2D eigenvalue weighted by Gasteiger charge is -2.15. The molecular formula is C18H28N2O2S. The molecule has 128 valence electrons. The molecule has 0 aliphatic carbocycles. The number of rotatable bonds is 9. The Balaban J connectivity index is 1.72. The van der Waals surface area contributed by atoms with Crippen LogP contribution in [0.25, 0.3) is 0 Å². The molecule has 2 rings (SSSR count). The Kier molecular flexibility index (Phi) is 7.92. The molecule has 1 amide bonds. The minimum absolute atomic E-state index is 0.0371. The van der Waals surface area contributed by atoms with Crippen molar-refractivity contribution >= 4 is 17.7 Å². The average Bonchev–Trinajstić information content (AvgIpc) is 3.04. The molecule has 1 fully saturated rings. The fourth-order valence-electron chi connectivity index (χ4n) is 2.81. The number of methoxy groups -OCH3 is 1. The largest absolute Gasteiger partial charge is 0.383 e. The van der Waals surface area contributed by atoms with Crippen molar-refractivity contribution in [1.82, 2.24) is 10.2 Å². The fourth-order valence-corrected chi connectivity index (χ4v) is 3.45. The predicted octanol–water partition coefficient (Wildman–Crippen LogP) is 2.64. The Bertz CT molecular complexity index is 478. The maximum atomic E-state index is 12.2. The van der Waals surface area contributed by atoms with Crippen LogP contribution in [-0.2, 0) is 10.5 Å². The molecule has 0 aromatic heterocycles. The minimum Gasteiger partial charge on any atom is -0.383 e. The molecule has 1 aromatic carbocycles. The SMILES string of the molecule is CCSCc1ccc(C(=O)NCC2CCN(CCOC)C2)cc1. The number of amides is 1. The molecule has 1 saturated heterocycles. The van der Waals surface area contributed by atoms with Crippen LogP contribution in [0.2, 0.25) is 0 Å². The van der Waals surface area contributed by atoms with E-state index in [4.69, 9.17) is 4.74 Å². The second-order valence-corrected chi connectivity index (χ2v) is 7.27. The number of nitrogens with zero attached hydrogens (tertiary/aromatic N) is 1. The van der Waals surface area contributed by atoms with Crippen molar-refractivity contribution < 1.29 is 9.53 Å². The molecule has 1 aromatic rings. The van der Waals surface area contributed by atoms with Crippen molar-refractivity contribution in [2.45, 2.75) is 19.1 Å². The van der Waals surface area contributed by atoms with Gasteiger partial charge in [-0.2, -0.15) is 11.8 Å². The van der Waals surface area contributed by atoms with Crippen molar-refractivity contribution in [2.24, 2.45) is 5.92 Å². The van der Waals surface area contributed by atoms with Crippen LogP contribution in [0.15, 0.2) is 24.3 Å². The van der Waals surface area contributed by atoms with E-state index in [0.717, 1.165) is 56.3 Å². The molecule has 1 aliphatic heterocycles. The van der Waals surface area contributed by atoms with Crippen molar-refractivity contribution in [3.05, 3.63) is 35.4 Å². The van der Waals surface area contributed by atoms with Gasteiger partial charge in [0.1, 0.15) is 0 Å². The van der Waals surface area contributed by atoms with Crippen LogP contribution in [-0.4, -0.2) is 56.5 Å². The lowest BCUT2D eigenvalue weighted by atomic mass is 10.1. The average molecular weight is 337 g/mol. The highest BCUT2D eigenvalue weighted by Crippen LogP contribution is 2.16. The Labute approximate surface area is 144 Å². The van der Waals surface area contributed by atoms with Gasteiger partial charge >= 0.3 is 0 Å². The Hall–Kier alpha value is -1.04. The fraction of sp³-hybridized carbons (Fsp3) is 0.611. The van der Waals surface area contributed by atoms with E-state index in [9.17, 15) is 4.79 Å². The highest BCUT2D eigenvalue weighted by Gasteiger charge is 2.22. The van der Waals surface area contributed by atoms with Gasteiger partial charge in [-0.05, 0) is 42.3 Å². The monoisotopic (exact) mass is 336 g/mol. The number of nitrogens with one attached hydrogen (secondary N) is 1. The van der Waals surface area contributed by atoms with Gasteiger partial charge in [0.2, 0.25) is 0 Å². The summed E-state index contributed by atoms with van der Waals surface area (Å²) >= 11 is 1.89. The van der Waals surface area contributed by atoms with Crippen molar-refractivity contribution in [1.29, 1.82) is 0 Å². The van der Waals surface area contributed by atoms with Crippen LogP contribution in [0.3, 0.4) is 0 Å². The van der Waals surface area contributed by atoms with Gasteiger partial charge < -0.3 is 15.0 Å². The molecule has 1 aliphatic rings. The molecule has 0 bridgehead atoms. The van der Waals surface area contributed by atoms with E-state index >= 15 is 0 Å². The molecule has 1 unspecified atom stereocenters. The summed E-state index contributed by atoms with van der Waals surface area (Å²) in [6.07, 6.45) is 1.15. The maximum absolute atomic E-state index is 12.2. The van der Waals surface area contributed by atoms with Gasteiger partial charge in [-0.3, -0.25) is 4.79 Å². The van der Waals surface area contributed by atoms with E-state index < -0.39 is 0 Å². The van der Waals surface area contributed by atoms with Crippen molar-refractivity contribution in [3.8, 4) is 0 Å². The number of carbonyl (C=O) groups is 1. The van der Waals surface area contributed by atoms with Gasteiger partial charge in [0.05, 0.1) is 6.61 Å². The standard InChI is InChI=1S/C18H28N2O2S/c1-3-23-14-15-4-6-17(7-5-15)18(21)19-12-16-8-9-20(13-16)10-11-22-2/h4-7,16H,3,8-14H2,1-2H3,(H,19,21). The summed E-state index contributed by atoms with van der Waals surface area (Å²) in [5, 5.41) is 3.08. The molecule has 4 nitrogen and oxygen atoms in total. The molecule has 23 heavy (non-hydrogen) atoms. The highest BCUT2D eigenvalue weighted by atomic mass is 32.2. The van der Waals surface area contributed by atoms with Crippen LogP contribution < -0.4 is 5.32 Å². The van der Waals surface area contributed by atoms with E-state index in [1.807, 2.05) is 23.9 Å². The number of hydrogen-bond donors (Lipinski definition) is 1. The smallest absolute Gasteiger partial charge is 0.251 e. The molecule has 0 spiro atoms. The number of likely N-dealkylation sites (tertiary alicyclic amines) is 1. The first kappa shape index (κ1) is 18.3. The minimum atomic E-state index is 0.0371. The normalized spacial score (nSPS) is 18.3. The molecular weight excluding hydrogens is 308 g/mol. The third kappa shape index (κ3) is 6.16. The summed E-state index contributed by atoms with van der Waals surface area (Å²) in [4.78, 5) is 14.6. The number of benzene rings is 1. The number of carbonyl (C=O) groups excluding carboxylic acids is 1. The molecule has 5 heteroatoms. The quantitative estimate of drug-likeness (QED) is 0.753. The third-order valence-electron chi connectivity index (χ3n) is 4.22. The zero-order valence-electron chi connectivity index (χ0n) is 14.2. The number of hydrogen-bond acceptors (Lipinski definition) is 4. The zero-order chi connectivity index (χ0) is 16.5. The van der Waals surface area contributed by atoms with E-state index in [2.05, 4.69) is 29.3 Å². The second kappa shape index (κ2) is 9.96. The van der Waals surface area contributed by atoms with Gasteiger partial charge in [0, 0.05) is 38.1 Å². The Morgan fingerprint density at radius 2 is 2.17 bits per heavy atom. The summed E-state index contributed by atoms with van der Waals surface area (Å²) in [6, 6.07) is 7.97. The maximum Gasteiger partial charge on any atom is 0.251 e. The molecule has 1 N–H and O–H groups in total. The van der Waals surface area contributed by atoms with Gasteiger partial charge in [0.25, 0.3) is 5.91 Å². The number of thioether (sulfide) groups is 1. The van der Waals surface area contributed by atoms with E-state index in [1.165, 1.54) is 5.56 Å². The van der Waals surface area contributed by atoms with Crippen LogP contribution in [0, 0.1) is 5.92 Å². The molecule has 1 atom stereocenters. The summed E-state index contributed by atoms with van der Waals surface area (Å²) < 4.78 is 5.12. The first-order chi connectivity index (χ1) is 11.2. The van der Waals surface area contributed by atoms with E-state index in [1.54, 1.807) is 7.11 Å². The number of ether oxygens (including phenoxy) is 1. The Morgan fingerprint density at radius 3 is 2.87 bits per heavy atom. The lowest BCUT2D eigenvalue weighted by molar-refractivity contribution is 0.0946. The Morgan fingerprint density at radius 1 is 1.39 bits per heavy atom. The van der Waals surface area contributed by atoms with Crippen LogP contribution in [0.5, 0.6) is 0 Å². The van der Waals surface area contributed by atoms with Gasteiger partial charge in [-0.15, -0.1) is 0 Å². The van der Waals surface area contributed by atoms with E-state index in [0.29, 0.717) is 5.92 Å². The van der Waals surface area contributed by atoms with Gasteiger partial charge in [-0.25, -0.2) is 0 Å². The van der Waals surface area contributed by atoms with Crippen LogP contribution >= 0.6 is 11.8 Å². The summed E-state index contributed by atoms with van der Waals surface area (Å²) in [7, 11) is 1.74. The summed E-state index contributed by atoms with van der Waals surface area (Å²) in [5.74, 6) is 2.72. The summed E-state index contributed by atoms with van der Waals surface area (Å²) in [6.45, 7) is 6.84. The predicted molar refractivity (Wildman–Crippen MR) is 97.0 cm³/mol. The van der Waals surface area contributed by atoms with Crippen LogP contribution in [0.4, 0.5) is 0 Å². The molecule has 0 saturated carbocycles. The molecule has 1 heterocycles. The van der Waals surface area contributed by atoms with Gasteiger partial charge in [-0.1, -0.05) is 19.1 Å². The summed E-state index contributed by atoms with van der Waals surface area (Å²) in [5.41, 5.74) is 2.03. The highest BCUT2D eigenvalue weighted by molar-refractivity contribution is 7.98. The lowest BCUT2D eigenvalue weighted by Crippen LogP contribution is -2.31. The van der Waals surface area contributed by atoms with E-state index in [-0.39, 0.29) is 5.91 Å². The zero-order valence-corrected chi connectivity index (χ0v) is 15.0. The third-order valence-corrected chi connectivity index (χ3v) is 5.17. The topological polar surface area (TPSA) is 41.6 Å².